The lowest BCUT2D eigenvalue weighted by Crippen LogP contribution is -2.46. The van der Waals surface area contributed by atoms with E-state index in [9.17, 15) is 9.59 Å². The Hall–Kier alpha value is -3.05. The Morgan fingerprint density at radius 1 is 0.828 bits per heavy atom. The number of nitrogens with one attached hydrogen (secondary N) is 1. The van der Waals surface area contributed by atoms with E-state index in [0.717, 1.165) is 21.6 Å². The standard InChI is InChI=1S/C24H22N2O2S/c1-29-21-14-12-19(13-15-21)17-26-22(27)24(25-23(26)28,20-10-6-3-7-11-20)16-18-8-4-2-5-9-18/h2-15H,16-17H2,1H3,(H,25,28). The summed E-state index contributed by atoms with van der Waals surface area (Å²) in [7, 11) is 0. The summed E-state index contributed by atoms with van der Waals surface area (Å²) in [6.07, 6.45) is 2.43. The second-order valence-corrected chi connectivity index (χ2v) is 7.98. The quantitative estimate of drug-likeness (QED) is 0.484. The summed E-state index contributed by atoms with van der Waals surface area (Å²) in [5.74, 6) is -0.216. The van der Waals surface area contributed by atoms with Crippen molar-refractivity contribution in [1.29, 1.82) is 0 Å². The minimum Gasteiger partial charge on any atom is -0.319 e. The van der Waals surface area contributed by atoms with E-state index in [-0.39, 0.29) is 18.5 Å². The molecule has 1 heterocycles. The maximum Gasteiger partial charge on any atom is 0.325 e. The highest BCUT2D eigenvalue weighted by molar-refractivity contribution is 7.98. The Bertz CT molecular complexity index is 1010. The molecule has 1 N–H and O–H groups in total. The van der Waals surface area contributed by atoms with Crippen molar-refractivity contribution in [3.63, 3.8) is 0 Å². The fourth-order valence-electron chi connectivity index (χ4n) is 3.73. The van der Waals surface area contributed by atoms with Crippen LogP contribution in [0.5, 0.6) is 0 Å². The SMILES string of the molecule is CSc1ccc(CN2C(=O)NC(Cc3ccccc3)(c3ccccc3)C2=O)cc1. The molecule has 1 atom stereocenters. The van der Waals surface area contributed by atoms with Crippen LogP contribution in [0, 0.1) is 0 Å². The number of urea groups is 1. The third-order valence-electron chi connectivity index (χ3n) is 5.25. The monoisotopic (exact) mass is 402 g/mol. The van der Waals surface area contributed by atoms with Crippen LogP contribution >= 0.6 is 11.8 Å². The van der Waals surface area contributed by atoms with Crippen LogP contribution < -0.4 is 5.32 Å². The van der Waals surface area contributed by atoms with Gasteiger partial charge in [-0.3, -0.25) is 9.69 Å². The number of rotatable bonds is 6. The largest absolute Gasteiger partial charge is 0.325 e. The number of hydrogen-bond donors (Lipinski definition) is 1. The van der Waals surface area contributed by atoms with Crippen LogP contribution in [-0.2, 0) is 23.3 Å². The third-order valence-corrected chi connectivity index (χ3v) is 6.00. The first kappa shape index (κ1) is 19.3. The number of carbonyl (C=O) groups is 2. The average Bonchev–Trinajstić information content (AvgIpc) is 3.00. The van der Waals surface area contributed by atoms with E-state index >= 15 is 0 Å². The highest BCUT2D eigenvalue weighted by atomic mass is 32.2. The van der Waals surface area contributed by atoms with E-state index < -0.39 is 5.54 Å². The molecule has 3 aromatic carbocycles. The van der Waals surface area contributed by atoms with Crippen LogP contribution in [0.15, 0.2) is 89.8 Å². The number of benzene rings is 3. The lowest BCUT2D eigenvalue weighted by Gasteiger charge is -2.27. The second kappa shape index (κ2) is 8.13. The predicted octanol–water partition coefficient (Wildman–Crippen LogP) is 4.60. The van der Waals surface area contributed by atoms with E-state index in [0.29, 0.717) is 6.42 Å². The van der Waals surface area contributed by atoms with Crippen molar-refractivity contribution in [1.82, 2.24) is 10.2 Å². The van der Waals surface area contributed by atoms with Crippen LogP contribution in [0.3, 0.4) is 0 Å². The zero-order chi connectivity index (χ0) is 20.3. The summed E-state index contributed by atoms with van der Waals surface area (Å²) in [6.45, 7) is 0.253. The molecule has 0 aliphatic carbocycles. The molecule has 29 heavy (non-hydrogen) atoms. The predicted molar refractivity (Wildman–Crippen MR) is 116 cm³/mol. The topological polar surface area (TPSA) is 49.4 Å². The van der Waals surface area contributed by atoms with Crippen LogP contribution in [0.25, 0.3) is 0 Å². The molecule has 0 aromatic heterocycles. The molecule has 1 fully saturated rings. The van der Waals surface area contributed by atoms with E-state index in [4.69, 9.17) is 0 Å². The molecule has 0 saturated carbocycles. The molecule has 5 heteroatoms. The molecule has 3 amide bonds. The van der Waals surface area contributed by atoms with Gasteiger partial charge in [-0.2, -0.15) is 0 Å². The van der Waals surface area contributed by atoms with Gasteiger partial charge < -0.3 is 5.32 Å². The van der Waals surface area contributed by atoms with E-state index in [1.54, 1.807) is 11.8 Å². The van der Waals surface area contributed by atoms with Gasteiger partial charge in [0.25, 0.3) is 5.91 Å². The number of imide groups is 1. The van der Waals surface area contributed by atoms with E-state index in [1.165, 1.54) is 4.90 Å². The molecule has 1 saturated heterocycles. The zero-order valence-corrected chi connectivity index (χ0v) is 17.0. The minimum absolute atomic E-state index is 0.216. The lowest BCUT2D eigenvalue weighted by atomic mass is 9.83. The summed E-state index contributed by atoms with van der Waals surface area (Å²) >= 11 is 1.66. The van der Waals surface area contributed by atoms with Crippen LogP contribution in [-0.4, -0.2) is 23.1 Å². The number of nitrogens with zero attached hydrogens (tertiary/aromatic N) is 1. The highest BCUT2D eigenvalue weighted by Gasteiger charge is 2.52. The number of carbonyl (C=O) groups excluding carboxylic acids is 2. The van der Waals surface area contributed by atoms with Gasteiger partial charge in [-0.1, -0.05) is 72.8 Å². The van der Waals surface area contributed by atoms with Gasteiger partial charge in [-0.25, -0.2) is 4.79 Å². The Morgan fingerprint density at radius 3 is 2.07 bits per heavy atom. The summed E-state index contributed by atoms with van der Waals surface area (Å²) < 4.78 is 0. The van der Waals surface area contributed by atoms with Crippen LogP contribution in [0.4, 0.5) is 4.79 Å². The van der Waals surface area contributed by atoms with Crippen molar-refractivity contribution in [2.45, 2.75) is 23.4 Å². The van der Waals surface area contributed by atoms with Crippen molar-refractivity contribution in [2.24, 2.45) is 0 Å². The van der Waals surface area contributed by atoms with Gasteiger partial charge in [-0.05, 0) is 35.1 Å². The molecule has 4 nitrogen and oxygen atoms in total. The Morgan fingerprint density at radius 2 is 1.45 bits per heavy atom. The zero-order valence-electron chi connectivity index (χ0n) is 16.2. The fourth-order valence-corrected chi connectivity index (χ4v) is 4.13. The van der Waals surface area contributed by atoms with Crippen molar-refractivity contribution in [2.75, 3.05) is 6.26 Å². The molecule has 146 valence electrons. The summed E-state index contributed by atoms with van der Waals surface area (Å²) in [5.41, 5.74) is 1.62. The number of thioether (sulfide) groups is 1. The smallest absolute Gasteiger partial charge is 0.319 e. The molecule has 4 rings (SSSR count). The molecule has 1 aliphatic heterocycles. The maximum absolute atomic E-state index is 13.6. The third kappa shape index (κ3) is 3.78. The number of amides is 3. The molecule has 1 aliphatic rings. The van der Waals surface area contributed by atoms with Gasteiger partial charge in [0.05, 0.1) is 6.54 Å². The lowest BCUT2D eigenvalue weighted by molar-refractivity contribution is -0.132. The molecular weight excluding hydrogens is 380 g/mol. The normalized spacial score (nSPS) is 18.7. The van der Waals surface area contributed by atoms with Gasteiger partial charge in [-0.15, -0.1) is 11.8 Å². The summed E-state index contributed by atoms with van der Waals surface area (Å²) in [5, 5.41) is 3.01. The van der Waals surface area contributed by atoms with Crippen molar-refractivity contribution in [3.05, 3.63) is 102 Å². The van der Waals surface area contributed by atoms with Crippen LogP contribution in [0.1, 0.15) is 16.7 Å². The van der Waals surface area contributed by atoms with Gasteiger partial charge in [0, 0.05) is 11.3 Å². The van der Waals surface area contributed by atoms with Gasteiger partial charge in [0.15, 0.2) is 5.54 Å². The van der Waals surface area contributed by atoms with Gasteiger partial charge >= 0.3 is 6.03 Å². The molecular formula is C24H22N2O2S. The van der Waals surface area contributed by atoms with E-state index in [1.807, 2.05) is 91.2 Å². The fraction of sp³-hybridized carbons (Fsp3) is 0.167. The Balaban J connectivity index is 1.68. The second-order valence-electron chi connectivity index (χ2n) is 7.10. The molecule has 0 radical (unpaired) electrons. The van der Waals surface area contributed by atoms with Crippen molar-refractivity contribution < 1.29 is 9.59 Å². The number of hydrogen-bond acceptors (Lipinski definition) is 3. The molecule has 3 aromatic rings. The first-order chi connectivity index (χ1) is 14.1. The first-order valence-corrected chi connectivity index (χ1v) is 10.7. The highest BCUT2D eigenvalue weighted by Crippen LogP contribution is 2.33. The molecule has 0 spiro atoms. The summed E-state index contributed by atoms with van der Waals surface area (Å²) in [4.78, 5) is 29.0. The van der Waals surface area contributed by atoms with Crippen molar-refractivity contribution >= 4 is 23.7 Å². The Labute approximate surface area is 174 Å². The van der Waals surface area contributed by atoms with Crippen LogP contribution in [0.2, 0.25) is 0 Å². The minimum atomic E-state index is -1.10. The summed E-state index contributed by atoms with van der Waals surface area (Å²) in [6, 6.07) is 26.9. The maximum atomic E-state index is 13.6. The Kier molecular flexibility index (Phi) is 5.41. The van der Waals surface area contributed by atoms with Gasteiger partial charge in [0.2, 0.25) is 0 Å². The molecule has 0 bridgehead atoms. The van der Waals surface area contributed by atoms with E-state index in [2.05, 4.69) is 5.32 Å². The van der Waals surface area contributed by atoms with Crippen molar-refractivity contribution in [3.8, 4) is 0 Å². The first-order valence-electron chi connectivity index (χ1n) is 9.49. The average molecular weight is 403 g/mol. The molecule has 1 unspecified atom stereocenters. The van der Waals surface area contributed by atoms with Gasteiger partial charge in [0.1, 0.15) is 0 Å².